The molecule has 89 heavy (non-hydrogen) atoms. The van der Waals surface area contributed by atoms with Gasteiger partial charge in [0.1, 0.15) is 34.6 Å². The van der Waals surface area contributed by atoms with E-state index < -0.39 is 39.5 Å². The molecule has 3 aliphatic carbocycles. The second kappa shape index (κ2) is 21.8. The normalized spacial score (nSPS) is 18.4. The Morgan fingerprint density at radius 1 is 0.404 bits per heavy atom. The van der Waals surface area contributed by atoms with Crippen molar-refractivity contribution in [1.82, 2.24) is 0 Å². The lowest BCUT2D eigenvalue weighted by Gasteiger charge is -2.48. The maximum atomic E-state index is 16.7. The predicted octanol–water partition coefficient (Wildman–Crippen LogP) is 22.3. The Hall–Kier alpha value is -10.3. The molecule has 0 radical (unpaired) electrons. The lowest BCUT2D eigenvalue weighted by molar-refractivity contribution is 0.287. The van der Waals surface area contributed by atoms with E-state index in [1.165, 1.54) is 36.4 Å². The number of rotatable bonds is 13. The summed E-state index contributed by atoms with van der Waals surface area (Å²) in [5.41, 5.74) is 18.7. The minimum Gasteiger partial charge on any atom is -0.305 e. The molecule has 0 N–H and O–H groups in total. The van der Waals surface area contributed by atoms with Crippen molar-refractivity contribution in [2.75, 3.05) is 9.80 Å². The Labute approximate surface area is 519 Å². The number of para-hydroxylation sites is 2. The molecular formula is C83H64F4N2. The van der Waals surface area contributed by atoms with Crippen molar-refractivity contribution in [3.63, 3.8) is 0 Å². The third-order valence-electron chi connectivity index (χ3n) is 19.3. The molecule has 0 bridgehead atoms. The smallest absolute Gasteiger partial charge is 0.150 e. The van der Waals surface area contributed by atoms with Gasteiger partial charge in [0.25, 0.3) is 0 Å². The number of halogens is 4. The second-order valence-corrected chi connectivity index (χ2v) is 24.2. The molecule has 0 heterocycles. The van der Waals surface area contributed by atoms with E-state index in [9.17, 15) is 0 Å². The first-order chi connectivity index (χ1) is 43.2. The van der Waals surface area contributed by atoms with Crippen molar-refractivity contribution in [2.45, 2.75) is 51.4 Å². The van der Waals surface area contributed by atoms with Crippen molar-refractivity contribution in [1.29, 1.82) is 0 Å². The summed E-state index contributed by atoms with van der Waals surface area (Å²) < 4.78 is 66.5. The van der Waals surface area contributed by atoms with Crippen LogP contribution in [0.2, 0.25) is 0 Å². The molecule has 3 aliphatic rings. The Kier molecular flexibility index (Phi) is 13.9. The largest absolute Gasteiger partial charge is 0.305 e. The zero-order valence-corrected chi connectivity index (χ0v) is 50.3. The molecule has 0 fully saturated rings. The van der Waals surface area contributed by atoms with Crippen molar-refractivity contribution in [3.05, 3.63) is 369 Å². The molecule has 0 aliphatic heterocycles. The van der Waals surface area contributed by atoms with Crippen molar-refractivity contribution in [3.8, 4) is 22.3 Å². The molecule has 0 saturated carbocycles. The number of nitrogens with zero attached hydrogens (tertiary/aromatic N) is 2. The number of fused-ring (bicyclic) bond motifs is 6. The van der Waals surface area contributed by atoms with Gasteiger partial charge in [-0.15, -0.1) is 0 Å². The highest BCUT2D eigenvalue weighted by molar-refractivity contribution is 5.91. The molecule has 6 heteroatoms. The first-order valence-electron chi connectivity index (χ1n) is 30.2. The average Bonchev–Trinajstić information content (AvgIpc) is 1.55. The van der Waals surface area contributed by atoms with Gasteiger partial charge in [0, 0.05) is 34.1 Å². The third kappa shape index (κ3) is 8.74. The van der Waals surface area contributed by atoms with Crippen LogP contribution < -0.4 is 9.80 Å². The van der Waals surface area contributed by atoms with Crippen molar-refractivity contribution >= 4 is 46.3 Å². The van der Waals surface area contributed by atoms with Crippen LogP contribution in [0.1, 0.15) is 90.7 Å². The van der Waals surface area contributed by atoms with Crippen LogP contribution in [-0.2, 0) is 10.8 Å². The molecule has 11 aromatic carbocycles. The zero-order valence-electron chi connectivity index (χ0n) is 50.3. The number of allylic oxidation sites excluding steroid dienone is 4. The number of benzene rings is 11. The molecule has 0 saturated heterocycles. The van der Waals surface area contributed by atoms with Gasteiger partial charge in [-0.1, -0.05) is 225 Å². The van der Waals surface area contributed by atoms with E-state index in [2.05, 4.69) is 206 Å². The number of hydrogen-bond donors (Lipinski definition) is 0. The standard InChI is InChI=1S/C83H64F4N2/c1-8-56-27-35-60(36-28-56)82(71-48-52(3)23-25-54(71)5)70-18-11-10-16-66(70)67-45-43-64(50-73(67)82)88(79-75(84)19-14-20-76(79)85)62-39-31-58(32-40-62)59-33-41-63(42-34-59)89(80-77(86)21-15-22-78(80)87)65-44-46-68-69-17-12-13-47-81(69,7)83(74(68)51-65,61-37-29-57(9-2)30-38-61)72-49-53(4)24-26-55(72)6/h8-51,69H,1-2H2,3-7H3. The van der Waals surface area contributed by atoms with E-state index in [4.69, 9.17) is 0 Å². The van der Waals surface area contributed by atoms with E-state index in [0.717, 1.165) is 100 Å². The summed E-state index contributed by atoms with van der Waals surface area (Å²) in [6.45, 7) is 19.0. The third-order valence-corrected chi connectivity index (χ3v) is 19.3. The van der Waals surface area contributed by atoms with E-state index in [1.807, 2.05) is 72.8 Å². The maximum Gasteiger partial charge on any atom is 0.150 e. The molecule has 0 spiro atoms. The maximum absolute atomic E-state index is 16.7. The molecule has 434 valence electrons. The highest BCUT2D eigenvalue weighted by atomic mass is 19.1. The summed E-state index contributed by atoms with van der Waals surface area (Å²) in [6.07, 6.45) is 12.6. The second-order valence-electron chi connectivity index (χ2n) is 24.2. The van der Waals surface area contributed by atoms with Crippen LogP contribution >= 0.6 is 0 Å². The summed E-state index contributed by atoms with van der Waals surface area (Å²) >= 11 is 0. The fourth-order valence-corrected chi connectivity index (χ4v) is 15.2. The quantitative estimate of drug-likeness (QED) is 0.106. The molecule has 4 atom stereocenters. The highest BCUT2D eigenvalue weighted by Crippen LogP contribution is 2.68. The van der Waals surface area contributed by atoms with Gasteiger partial charge in [0.2, 0.25) is 0 Å². The van der Waals surface area contributed by atoms with Gasteiger partial charge in [-0.05, 0) is 190 Å². The average molecular weight is 1170 g/mol. The fraction of sp³-hybridized carbons (Fsp3) is 0.108. The monoisotopic (exact) mass is 1160 g/mol. The number of hydrogen-bond acceptors (Lipinski definition) is 2. The van der Waals surface area contributed by atoms with Crippen LogP contribution in [-0.4, -0.2) is 0 Å². The molecule has 14 rings (SSSR count). The van der Waals surface area contributed by atoms with Crippen LogP contribution in [0.5, 0.6) is 0 Å². The summed E-state index contributed by atoms with van der Waals surface area (Å²) in [5.74, 6) is -2.87. The Morgan fingerprint density at radius 2 is 0.876 bits per heavy atom. The van der Waals surface area contributed by atoms with Gasteiger partial charge < -0.3 is 9.80 Å². The fourth-order valence-electron chi connectivity index (χ4n) is 15.2. The molecule has 2 nitrogen and oxygen atoms in total. The van der Waals surface area contributed by atoms with Crippen LogP contribution in [0, 0.1) is 56.4 Å². The molecule has 4 unspecified atom stereocenters. The van der Waals surface area contributed by atoms with Gasteiger partial charge in [-0.3, -0.25) is 0 Å². The van der Waals surface area contributed by atoms with Crippen LogP contribution in [0.15, 0.2) is 268 Å². The van der Waals surface area contributed by atoms with Gasteiger partial charge in [-0.2, -0.15) is 0 Å². The number of anilines is 6. The van der Waals surface area contributed by atoms with E-state index in [1.54, 1.807) is 9.80 Å². The SMILES string of the molecule is C=Cc1ccc(C2(c3cc(C)ccc3C)c3ccccc3-c3ccc(N(c4ccc(-c5ccc(N(c6ccc7c(c6)C(c6ccc(C=C)cc6)(c6cc(C)ccc6C)C6(C)C=CC=CC76)c6c(F)cccc6F)cc5)cc4)c4c(F)cccc4F)cc32)cc1. The Morgan fingerprint density at radius 3 is 1.43 bits per heavy atom. The van der Waals surface area contributed by atoms with Crippen LogP contribution in [0.4, 0.5) is 51.7 Å². The Balaban J connectivity index is 0.891. The topological polar surface area (TPSA) is 6.48 Å². The van der Waals surface area contributed by atoms with E-state index in [-0.39, 0.29) is 17.3 Å². The van der Waals surface area contributed by atoms with Gasteiger partial charge in [0.15, 0.2) is 0 Å². The van der Waals surface area contributed by atoms with Crippen molar-refractivity contribution < 1.29 is 17.6 Å². The van der Waals surface area contributed by atoms with Gasteiger partial charge in [0.05, 0.1) is 10.8 Å². The van der Waals surface area contributed by atoms with Crippen LogP contribution in [0.3, 0.4) is 0 Å². The highest BCUT2D eigenvalue weighted by Gasteiger charge is 2.61. The minimum atomic E-state index is -0.809. The summed E-state index contributed by atoms with van der Waals surface area (Å²) in [6, 6.07) is 74.5. The van der Waals surface area contributed by atoms with Crippen LogP contribution in [0.25, 0.3) is 34.4 Å². The first-order valence-corrected chi connectivity index (χ1v) is 30.2. The first kappa shape index (κ1) is 56.5. The lowest BCUT2D eigenvalue weighted by atomic mass is 9.54. The summed E-state index contributed by atoms with van der Waals surface area (Å²) in [5, 5.41) is 0. The Bertz CT molecular complexity index is 4670. The van der Waals surface area contributed by atoms with Gasteiger partial charge >= 0.3 is 0 Å². The zero-order chi connectivity index (χ0) is 61.5. The summed E-state index contributed by atoms with van der Waals surface area (Å²) in [4.78, 5) is 3.35. The number of aryl methyl sites for hydroxylation is 4. The lowest BCUT2D eigenvalue weighted by Crippen LogP contribution is -2.44. The molecular weight excluding hydrogens is 1100 g/mol. The molecule has 0 aromatic heterocycles. The minimum absolute atomic E-state index is 0.0250. The summed E-state index contributed by atoms with van der Waals surface area (Å²) in [7, 11) is 0. The van der Waals surface area contributed by atoms with E-state index >= 15 is 17.6 Å². The van der Waals surface area contributed by atoms with E-state index in [0.29, 0.717) is 22.7 Å². The predicted molar refractivity (Wildman–Crippen MR) is 359 cm³/mol. The van der Waals surface area contributed by atoms with Crippen molar-refractivity contribution in [2.24, 2.45) is 5.41 Å². The molecule has 0 amide bonds. The van der Waals surface area contributed by atoms with Gasteiger partial charge in [-0.25, -0.2) is 17.6 Å². The molecule has 11 aromatic rings.